The summed E-state index contributed by atoms with van der Waals surface area (Å²) < 4.78 is 12.8. The van der Waals surface area contributed by atoms with Crippen LogP contribution in [0.25, 0.3) is 5.52 Å². The van der Waals surface area contributed by atoms with Crippen LogP contribution in [0.2, 0.25) is 0 Å². The molecule has 0 fully saturated rings. The van der Waals surface area contributed by atoms with Crippen LogP contribution in [0.5, 0.6) is 11.5 Å². The number of nitrogens with one attached hydrogen (secondary N) is 1. The predicted molar refractivity (Wildman–Crippen MR) is 78.3 cm³/mol. The van der Waals surface area contributed by atoms with Crippen LogP contribution in [0.1, 0.15) is 11.1 Å². The molecule has 0 spiro atoms. The zero-order valence-electron chi connectivity index (χ0n) is 11.5. The highest BCUT2D eigenvalue weighted by molar-refractivity contribution is 5.53. The van der Waals surface area contributed by atoms with E-state index in [1.54, 1.807) is 0 Å². The fraction of sp³-hybridized carbons (Fsp3) is 0.188. The lowest BCUT2D eigenvalue weighted by molar-refractivity contribution is 0.173. The van der Waals surface area contributed by atoms with E-state index in [0.29, 0.717) is 6.79 Å². The highest BCUT2D eigenvalue weighted by Gasteiger charge is 2.16. The van der Waals surface area contributed by atoms with Crippen molar-refractivity contribution in [2.24, 2.45) is 0 Å². The molecule has 0 saturated heterocycles. The Labute approximate surface area is 122 Å². The van der Waals surface area contributed by atoms with Gasteiger partial charge in [0.25, 0.3) is 0 Å². The number of benzene rings is 1. The average molecular weight is 281 g/mol. The number of aromatic nitrogens is 2. The molecule has 1 N–H and O–H groups in total. The van der Waals surface area contributed by atoms with Crippen molar-refractivity contribution in [3.05, 3.63) is 59.9 Å². The van der Waals surface area contributed by atoms with Gasteiger partial charge in [-0.15, -0.1) is 0 Å². The highest BCUT2D eigenvalue weighted by atomic mass is 16.7. The zero-order valence-corrected chi connectivity index (χ0v) is 11.5. The summed E-state index contributed by atoms with van der Waals surface area (Å²) in [5.74, 6) is 1.68. The van der Waals surface area contributed by atoms with Gasteiger partial charge in [-0.2, -0.15) is 5.10 Å². The standard InChI is InChI=1S/C16H15N3O2/c1-2-7-19-14(5-1)13(10-18-19)9-17-8-12-4-3-6-15-16(12)21-11-20-15/h1-7,10,17H,8-9,11H2. The fourth-order valence-electron chi connectivity index (χ4n) is 2.59. The van der Waals surface area contributed by atoms with Crippen LogP contribution in [-0.2, 0) is 13.1 Å². The van der Waals surface area contributed by atoms with Crippen LogP contribution < -0.4 is 14.8 Å². The summed E-state index contributed by atoms with van der Waals surface area (Å²) in [6.45, 7) is 1.80. The van der Waals surface area contributed by atoms with Crippen molar-refractivity contribution in [3.8, 4) is 11.5 Å². The molecule has 4 rings (SSSR count). The first-order chi connectivity index (χ1) is 10.4. The van der Waals surface area contributed by atoms with Gasteiger partial charge in [0.05, 0.1) is 11.7 Å². The molecule has 1 aromatic carbocycles. The number of hydrogen-bond donors (Lipinski definition) is 1. The van der Waals surface area contributed by atoms with E-state index in [1.165, 1.54) is 5.56 Å². The van der Waals surface area contributed by atoms with E-state index in [9.17, 15) is 0 Å². The molecule has 5 heteroatoms. The van der Waals surface area contributed by atoms with E-state index in [4.69, 9.17) is 9.47 Å². The molecule has 0 amide bonds. The van der Waals surface area contributed by atoms with E-state index in [0.717, 1.165) is 35.7 Å². The van der Waals surface area contributed by atoms with Crippen LogP contribution in [0.4, 0.5) is 0 Å². The third kappa shape index (κ3) is 2.21. The van der Waals surface area contributed by atoms with Crippen molar-refractivity contribution in [3.63, 3.8) is 0 Å². The average Bonchev–Trinajstić information content (AvgIpc) is 3.15. The lowest BCUT2D eigenvalue weighted by atomic mass is 10.2. The first-order valence-corrected chi connectivity index (χ1v) is 6.91. The third-order valence-electron chi connectivity index (χ3n) is 3.62. The Morgan fingerprint density at radius 2 is 2.00 bits per heavy atom. The van der Waals surface area contributed by atoms with Crippen LogP contribution in [0.15, 0.2) is 48.8 Å². The SMILES string of the molecule is c1cc(CNCc2cnn3ccccc23)c2c(c1)OCO2. The molecule has 0 aliphatic carbocycles. The van der Waals surface area contributed by atoms with Gasteiger partial charge in [0.1, 0.15) is 0 Å². The molecule has 0 atom stereocenters. The van der Waals surface area contributed by atoms with Gasteiger partial charge < -0.3 is 14.8 Å². The van der Waals surface area contributed by atoms with E-state index in [1.807, 2.05) is 41.2 Å². The first-order valence-electron chi connectivity index (χ1n) is 6.91. The van der Waals surface area contributed by atoms with Crippen LogP contribution in [0.3, 0.4) is 0 Å². The Morgan fingerprint density at radius 3 is 3.00 bits per heavy atom. The Balaban J connectivity index is 1.47. The summed E-state index contributed by atoms with van der Waals surface area (Å²) in [6, 6.07) is 12.0. The van der Waals surface area contributed by atoms with Gasteiger partial charge in [0.15, 0.2) is 11.5 Å². The molecule has 0 bridgehead atoms. The molecule has 3 heterocycles. The summed E-state index contributed by atoms with van der Waals surface area (Å²) in [5.41, 5.74) is 3.42. The normalized spacial score (nSPS) is 13.0. The second-order valence-electron chi connectivity index (χ2n) is 4.95. The van der Waals surface area contributed by atoms with Gasteiger partial charge >= 0.3 is 0 Å². The van der Waals surface area contributed by atoms with Gasteiger partial charge in [-0.05, 0) is 18.2 Å². The Hall–Kier alpha value is -2.53. The summed E-state index contributed by atoms with van der Waals surface area (Å²) >= 11 is 0. The van der Waals surface area contributed by atoms with Crippen molar-refractivity contribution in [1.82, 2.24) is 14.9 Å². The number of nitrogens with zero attached hydrogens (tertiary/aromatic N) is 2. The van der Waals surface area contributed by atoms with Gasteiger partial charge in [-0.3, -0.25) is 0 Å². The molecular formula is C16H15N3O2. The minimum absolute atomic E-state index is 0.306. The monoisotopic (exact) mass is 281 g/mol. The topological polar surface area (TPSA) is 47.8 Å². The molecule has 5 nitrogen and oxygen atoms in total. The van der Waals surface area contributed by atoms with Gasteiger partial charge in [-0.1, -0.05) is 18.2 Å². The largest absolute Gasteiger partial charge is 0.454 e. The van der Waals surface area contributed by atoms with E-state index >= 15 is 0 Å². The lowest BCUT2D eigenvalue weighted by Gasteiger charge is -2.07. The molecule has 21 heavy (non-hydrogen) atoms. The number of para-hydroxylation sites is 1. The highest BCUT2D eigenvalue weighted by Crippen LogP contribution is 2.35. The van der Waals surface area contributed by atoms with Gasteiger partial charge in [0.2, 0.25) is 6.79 Å². The molecule has 0 radical (unpaired) electrons. The number of rotatable bonds is 4. The summed E-state index contributed by atoms with van der Waals surface area (Å²) in [5, 5.41) is 7.77. The quantitative estimate of drug-likeness (QED) is 0.797. The van der Waals surface area contributed by atoms with Crippen molar-refractivity contribution in [2.45, 2.75) is 13.1 Å². The number of ether oxygens (including phenoxy) is 2. The van der Waals surface area contributed by atoms with Crippen molar-refractivity contribution in [2.75, 3.05) is 6.79 Å². The molecule has 2 aromatic heterocycles. The third-order valence-corrected chi connectivity index (χ3v) is 3.62. The second kappa shape index (κ2) is 5.10. The number of pyridine rings is 1. The maximum atomic E-state index is 5.51. The first kappa shape index (κ1) is 12.2. The Morgan fingerprint density at radius 1 is 1.05 bits per heavy atom. The summed E-state index contributed by atoms with van der Waals surface area (Å²) in [4.78, 5) is 0. The Bertz CT molecular complexity index is 782. The van der Waals surface area contributed by atoms with Crippen molar-refractivity contribution < 1.29 is 9.47 Å². The van der Waals surface area contributed by atoms with E-state index in [-0.39, 0.29) is 0 Å². The molecule has 3 aromatic rings. The van der Waals surface area contributed by atoms with Gasteiger partial charge in [-0.25, -0.2) is 4.52 Å². The Kier molecular flexibility index (Phi) is 2.97. The minimum atomic E-state index is 0.306. The molecule has 106 valence electrons. The van der Waals surface area contributed by atoms with E-state index in [2.05, 4.69) is 22.5 Å². The molecule has 1 aliphatic rings. The number of hydrogen-bond acceptors (Lipinski definition) is 4. The molecule has 0 unspecified atom stereocenters. The zero-order chi connectivity index (χ0) is 14.1. The minimum Gasteiger partial charge on any atom is -0.454 e. The van der Waals surface area contributed by atoms with Crippen LogP contribution in [0, 0.1) is 0 Å². The van der Waals surface area contributed by atoms with Gasteiger partial charge in [0, 0.05) is 30.4 Å². The van der Waals surface area contributed by atoms with E-state index < -0.39 is 0 Å². The second-order valence-corrected chi connectivity index (χ2v) is 4.95. The molecule has 0 saturated carbocycles. The predicted octanol–water partition coefficient (Wildman–Crippen LogP) is 2.35. The van der Waals surface area contributed by atoms with Crippen LogP contribution in [-0.4, -0.2) is 16.4 Å². The maximum absolute atomic E-state index is 5.51. The smallest absolute Gasteiger partial charge is 0.231 e. The van der Waals surface area contributed by atoms with Crippen molar-refractivity contribution in [1.29, 1.82) is 0 Å². The van der Waals surface area contributed by atoms with Crippen molar-refractivity contribution >= 4 is 5.52 Å². The van der Waals surface area contributed by atoms with Crippen LogP contribution >= 0.6 is 0 Å². The number of fused-ring (bicyclic) bond motifs is 2. The molecular weight excluding hydrogens is 266 g/mol. The maximum Gasteiger partial charge on any atom is 0.231 e. The lowest BCUT2D eigenvalue weighted by Crippen LogP contribution is -2.13. The summed E-state index contributed by atoms with van der Waals surface area (Å²) in [7, 11) is 0. The molecule has 1 aliphatic heterocycles. The summed E-state index contributed by atoms with van der Waals surface area (Å²) in [6.07, 6.45) is 3.85. The fourth-order valence-corrected chi connectivity index (χ4v) is 2.59.